The molecule has 0 radical (unpaired) electrons. The molecule has 1 aliphatic heterocycles. The second-order valence-corrected chi connectivity index (χ2v) is 8.43. The van der Waals surface area contributed by atoms with E-state index < -0.39 is 33.5 Å². The standard InChI is InChI=1S/C20H17F3N2O3S/c21-20(22,23)17-4-1-15(2-5-17)3-6-19(26)25(13-16-7-10-24-11-8-16)18-9-12-29(27,28)14-18/h1-12,18H,13-14H2/b6-3+. The van der Waals surface area contributed by atoms with E-state index in [-0.39, 0.29) is 12.3 Å². The fraction of sp³-hybridized carbons (Fsp3) is 0.200. The molecule has 0 spiro atoms. The van der Waals surface area contributed by atoms with Crippen LogP contribution in [0.2, 0.25) is 0 Å². The minimum absolute atomic E-state index is 0.170. The van der Waals surface area contributed by atoms with E-state index in [2.05, 4.69) is 4.98 Å². The summed E-state index contributed by atoms with van der Waals surface area (Å²) in [6.45, 7) is 0.170. The van der Waals surface area contributed by atoms with Crippen molar-refractivity contribution in [3.63, 3.8) is 0 Å². The quantitative estimate of drug-likeness (QED) is 0.693. The third-order valence-corrected chi connectivity index (χ3v) is 5.73. The first-order chi connectivity index (χ1) is 13.6. The largest absolute Gasteiger partial charge is 0.416 e. The Balaban J connectivity index is 1.79. The van der Waals surface area contributed by atoms with Crippen LogP contribution in [0.3, 0.4) is 0 Å². The monoisotopic (exact) mass is 422 g/mol. The minimum Gasteiger partial charge on any atom is -0.327 e. The molecule has 1 aromatic heterocycles. The van der Waals surface area contributed by atoms with Crippen LogP contribution in [0.1, 0.15) is 16.7 Å². The summed E-state index contributed by atoms with van der Waals surface area (Å²) in [5.74, 6) is -0.661. The van der Waals surface area contributed by atoms with Crippen LogP contribution in [0, 0.1) is 0 Å². The first kappa shape index (κ1) is 20.8. The van der Waals surface area contributed by atoms with E-state index in [1.54, 1.807) is 24.5 Å². The van der Waals surface area contributed by atoms with Crippen molar-refractivity contribution in [3.05, 3.63) is 83.0 Å². The Labute approximate surface area is 166 Å². The zero-order chi connectivity index (χ0) is 21.1. The fourth-order valence-corrected chi connectivity index (χ4v) is 4.14. The number of amides is 1. The average molecular weight is 422 g/mol. The van der Waals surface area contributed by atoms with Gasteiger partial charge in [-0.3, -0.25) is 9.78 Å². The summed E-state index contributed by atoms with van der Waals surface area (Å²) in [5.41, 5.74) is 0.417. The molecule has 1 unspecified atom stereocenters. The Kier molecular flexibility index (Phi) is 5.88. The van der Waals surface area contributed by atoms with E-state index in [0.717, 1.165) is 23.1 Å². The molecule has 5 nitrogen and oxygen atoms in total. The highest BCUT2D eigenvalue weighted by atomic mass is 32.2. The fourth-order valence-electron chi connectivity index (χ4n) is 2.84. The second kappa shape index (κ2) is 8.20. The molecule has 152 valence electrons. The molecular formula is C20H17F3N2O3S. The maximum Gasteiger partial charge on any atom is 0.416 e. The van der Waals surface area contributed by atoms with Crippen molar-refractivity contribution in [2.75, 3.05) is 5.75 Å². The second-order valence-electron chi connectivity index (χ2n) is 6.50. The van der Waals surface area contributed by atoms with Gasteiger partial charge in [-0.15, -0.1) is 0 Å². The number of benzene rings is 1. The molecule has 0 saturated carbocycles. The number of halogens is 3. The summed E-state index contributed by atoms with van der Waals surface area (Å²) in [6.07, 6.45) is 2.78. The maximum atomic E-state index is 12.8. The van der Waals surface area contributed by atoms with Gasteiger partial charge in [-0.2, -0.15) is 13.2 Å². The van der Waals surface area contributed by atoms with Crippen LogP contribution in [0.25, 0.3) is 6.08 Å². The molecule has 0 saturated heterocycles. The van der Waals surface area contributed by atoms with Crippen LogP contribution in [0.5, 0.6) is 0 Å². The van der Waals surface area contributed by atoms with Crippen molar-refractivity contribution in [1.29, 1.82) is 0 Å². The highest BCUT2D eigenvalue weighted by Gasteiger charge is 2.30. The highest BCUT2D eigenvalue weighted by Crippen LogP contribution is 2.29. The van der Waals surface area contributed by atoms with Crippen molar-refractivity contribution in [2.24, 2.45) is 0 Å². The van der Waals surface area contributed by atoms with Gasteiger partial charge in [0.05, 0.1) is 17.4 Å². The lowest BCUT2D eigenvalue weighted by Gasteiger charge is -2.26. The lowest BCUT2D eigenvalue weighted by atomic mass is 10.1. The molecule has 1 amide bonds. The molecular weight excluding hydrogens is 405 g/mol. The lowest BCUT2D eigenvalue weighted by molar-refractivity contribution is -0.137. The van der Waals surface area contributed by atoms with Crippen LogP contribution >= 0.6 is 0 Å². The van der Waals surface area contributed by atoms with Crippen LogP contribution < -0.4 is 0 Å². The molecule has 2 aromatic rings. The molecule has 1 aromatic carbocycles. The normalized spacial score (nSPS) is 18.2. The molecule has 0 bridgehead atoms. The van der Waals surface area contributed by atoms with Gasteiger partial charge in [0.1, 0.15) is 0 Å². The number of rotatable bonds is 5. The van der Waals surface area contributed by atoms with Gasteiger partial charge < -0.3 is 4.90 Å². The van der Waals surface area contributed by atoms with E-state index >= 15 is 0 Å². The van der Waals surface area contributed by atoms with Gasteiger partial charge in [0.2, 0.25) is 5.91 Å². The summed E-state index contributed by atoms with van der Waals surface area (Å²) in [7, 11) is -3.37. The van der Waals surface area contributed by atoms with E-state index in [1.165, 1.54) is 35.3 Å². The number of alkyl halides is 3. The summed E-state index contributed by atoms with van der Waals surface area (Å²) < 4.78 is 61.5. The van der Waals surface area contributed by atoms with E-state index in [1.807, 2.05) is 0 Å². The number of carbonyl (C=O) groups is 1. The van der Waals surface area contributed by atoms with Gasteiger partial charge in [-0.25, -0.2) is 8.42 Å². The average Bonchev–Trinajstić information content (AvgIpc) is 3.04. The van der Waals surface area contributed by atoms with E-state index in [9.17, 15) is 26.4 Å². The number of hydrogen-bond acceptors (Lipinski definition) is 4. The van der Waals surface area contributed by atoms with Crippen LogP contribution in [-0.4, -0.2) is 36.0 Å². The zero-order valence-corrected chi connectivity index (χ0v) is 15.9. The maximum absolute atomic E-state index is 12.8. The van der Waals surface area contributed by atoms with Crippen molar-refractivity contribution in [3.8, 4) is 0 Å². The van der Waals surface area contributed by atoms with Gasteiger partial charge in [0.15, 0.2) is 9.84 Å². The van der Waals surface area contributed by atoms with Gasteiger partial charge >= 0.3 is 6.18 Å². The number of nitrogens with zero attached hydrogens (tertiary/aromatic N) is 2. The molecule has 3 rings (SSSR count). The van der Waals surface area contributed by atoms with E-state index in [0.29, 0.717) is 5.56 Å². The summed E-state index contributed by atoms with van der Waals surface area (Å²) >= 11 is 0. The zero-order valence-electron chi connectivity index (χ0n) is 15.1. The van der Waals surface area contributed by atoms with Crippen molar-refractivity contribution in [1.82, 2.24) is 9.88 Å². The Morgan fingerprint density at radius 1 is 1.14 bits per heavy atom. The first-order valence-electron chi connectivity index (χ1n) is 8.60. The number of pyridine rings is 1. The molecule has 0 aliphatic carbocycles. The first-order valence-corrected chi connectivity index (χ1v) is 10.3. The molecule has 1 atom stereocenters. The topological polar surface area (TPSA) is 67.3 Å². The SMILES string of the molecule is O=C(/C=C/c1ccc(C(F)(F)F)cc1)N(Cc1ccncc1)C1C=CS(=O)(=O)C1. The molecule has 29 heavy (non-hydrogen) atoms. The molecule has 0 fully saturated rings. The van der Waals surface area contributed by atoms with Gasteiger partial charge in [0.25, 0.3) is 0 Å². The van der Waals surface area contributed by atoms with Gasteiger partial charge in [-0.1, -0.05) is 12.1 Å². The predicted octanol–water partition coefficient (Wildman–Crippen LogP) is 3.45. The minimum atomic E-state index is -4.43. The van der Waals surface area contributed by atoms with E-state index in [4.69, 9.17) is 0 Å². The number of sulfone groups is 1. The Morgan fingerprint density at radius 2 is 1.79 bits per heavy atom. The number of carbonyl (C=O) groups excluding carboxylic acids is 1. The molecule has 0 N–H and O–H groups in total. The van der Waals surface area contributed by atoms with Crippen LogP contribution in [-0.2, 0) is 27.4 Å². The Bertz CT molecular complexity index is 1030. The number of aromatic nitrogens is 1. The van der Waals surface area contributed by atoms with Gasteiger partial charge in [0, 0.05) is 30.4 Å². The Morgan fingerprint density at radius 3 is 2.34 bits per heavy atom. The summed E-state index contributed by atoms with van der Waals surface area (Å²) in [4.78, 5) is 18.1. The van der Waals surface area contributed by atoms with Crippen molar-refractivity contribution in [2.45, 2.75) is 18.8 Å². The Hall–Kier alpha value is -2.94. The third kappa shape index (κ3) is 5.54. The smallest absolute Gasteiger partial charge is 0.327 e. The third-order valence-electron chi connectivity index (χ3n) is 4.35. The summed E-state index contributed by atoms with van der Waals surface area (Å²) in [6, 6.07) is 7.20. The van der Waals surface area contributed by atoms with Gasteiger partial charge in [-0.05, 0) is 47.5 Å². The summed E-state index contributed by atoms with van der Waals surface area (Å²) in [5, 5.41) is 1.09. The van der Waals surface area contributed by atoms with Crippen molar-refractivity contribution < 1.29 is 26.4 Å². The predicted molar refractivity (Wildman–Crippen MR) is 102 cm³/mol. The lowest BCUT2D eigenvalue weighted by Crippen LogP contribution is -2.39. The van der Waals surface area contributed by atoms with Crippen LogP contribution in [0.4, 0.5) is 13.2 Å². The molecule has 9 heteroatoms. The van der Waals surface area contributed by atoms with Crippen molar-refractivity contribution >= 4 is 21.8 Å². The molecule has 1 aliphatic rings. The molecule has 2 heterocycles. The highest BCUT2D eigenvalue weighted by molar-refractivity contribution is 7.94. The van der Waals surface area contributed by atoms with Crippen LogP contribution in [0.15, 0.2) is 66.4 Å². The number of hydrogen-bond donors (Lipinski definition) is 0.